The summed E-state index contributed by atoms with van der Waals surface area (Å²) < 4.78 is 11.5. The number of nitrogens with zero attached hydrogens (tertiary/aromatic N) is 2. The molecule has 0 radical (unpaired) electrons. The zero-order valence-corrected chi connectivity index (χ0v) is 15.4. The Labute approximate surface area is 146 Å². The summed E-state index contributed by atoms with van der Waals surface area (Å²) in [7, 11) is 0. The van der Waals surface area contributed by atoms with Gasteiger partial charge in [-0.25, -0.2) is 0 Å². The summed E-state index contributed by atoms with van der Waals surface area (Å²) >= 11 is 0. The molecule has 0 aromatic heterocycles. The maximum Gasteiger partial charge on any atom is 0.240 e. The summed E-state index contributed by atoms with van der Waals surface area (Å²) in [5.74, 6) is 0.717. The number of hydrogen-bond donors (Lipinski definition) is 0. The van der Waals surface area contributed by atoms with Gasteiger partial charge in [0.25, 0.3) is 0 Å². The molecule has 0 aliphatic carbocycles. The summed E-state index contributed by atoms with van der Waals surface area (Å²) in [6.07, 6.45) is 7.29. The van der Waals surface area contributed by atoms with Crippen LogP contribution in [0.15, 0.2) is 0 Å². The number of likely N-dealkylation sites (tertiary alicyclic amines) is 2. The Morgan fingerprint density at radius 3 is 2.29 bits per heavy atom. The maximum absolute atomic E-state index is 13.1. The van der Waals surface area contributed by atoms with Crippen LogP contribution in [0, 0.1) is 5.92 Å². The van der Waals surface area contributed by atoms with Gasteiger partial charge in [-0.15, -0.1) is 0 Å². The molecule has 0 unspecified atom stereocenters. The molecule has 0 aromatic carbocycles. The van der Waals surface area contributed by atoms with E-state index in [0.717, 1.165) is 58.7 Å². The standard InChI is InChI=1S/C19H34N2O3/c1-15(2)18(20-9-4-3-5-10-20)19(22)21-11-6-16(7-12-21)24-17-8-13-23-14-17/h15-18H,3-14H2,1-2H3/t17-,18+/m1/s1. The molecule has 0 spiro atoms. The molecule has 3 aliphatic heterocycles. The molecule has 138 valence electrons. The topological polar surface area (TPSA) is 42.0 Å². The van der Waals surface area contributed by atoms with Crippen LogP contribution in [0.2, 0.25) is 0 Å². The number of piperidine rings is 2. The van der Waals surface area contributed by atoms with Gasteiger partial charge in [0, 0.05) is 19.7 Å². The highest BCUT2D eigenvalue weighted by atomic mass is 16.5. The fourth-order valence-electron chi connectivity index (χ4n) is 4.35. The fraction of sp³-hybridized carbons (Fsp3) is 0.947. The van der Waals surface area contributed by atoms with Crippen LogP contribution in [0.4, 0.5) is 0 Å². The zero-order valence-electron chi connectivity index (χ0n) is 15.4. The summed E-state index contributed by atoms with van der Waals surface area (Å²) in [5, 5.41) is 0. The van der Waals surface area contributed by atoms with Crippen LogP contribution in [0.1, 0.15) is 52.4 Å². The molecule has 3 saturated heterocycles. The third-order valence-corrected chi connectivity index (χ3v) is 5.70. The normalized spacial score (nSPS) is 28.5. The number of hydrogen-bond acceptors (Lipinski definition) is 4. The van der Waals surface area contributed by atoms with Gasteiger partial charge in [-0.1, -0.05) is 20.3 Å². The maximum atomic E-state index is 13.1. The second-order valence-electron chi connectivity index (χ2n) is 7.93. The number of carbonyl (C=O) groups excluding carboxylic acids is 1. The Balaban J connectivity index is 1.50. The van der Waals surface area contributed by atoms with Crippen LogP contribution in [-0.2, 0) is 14.3 Å². The van der Waals surface area contributed by atoms with Crippen LogP contribution in [0.25, 0.3) is 0 Å². The molecule has 3 heterocycles. The van der Waals surface area contributed by atoms with Crippen molar-refractivity contribution < 1.29 is 14.3 Å². The molecule has 3 aliphatic rings. The largest absolute Gasteiger partial charge is 0.379 e. The van der Waals surface area contributed by atoms with Gasteiger partial charge in [0.1, 0.15) is 0 Å². The number of carbonyl (C=O) groups is 1. The van der Waals surface area contributed by atoms with Crippen molar-refractivity contribution in [2.45, 2.75) is 70.6 Å². The summed E-state index contributed by atoms with van der Waals surface area (Å²) in [6, 6.07) is 0.0611. The minimum Gasteiger partial charge on any atom is -0.379 e. The molecule has 3 rings (SSSR count). The molecular formula is C19H34N2O3. The van der Waals surface area contributed by atoms with E-state index in [1.54, 1.807) is 0 Å². The van der Waals surface area contributed by atoms with Crippen molar-refractivity contribution in [3.8, 4) is 0 Å². The highest BCUT2D eigenvalue weighted by Gasteiger charge is 2.35. The molecule has 5 nitrogen and oxygen atoms in total. The van der Waals surface area contributed by atoms with Crippen LogP contribution in [0.5, 0.6) is 0 Å². The first-order valence-electron chi connectivity index (χ1n) is 9.91. The Morgan fingerprint density at radius 1 is 1.00 bits per heavy atom. The second-order valence-corrected chi connectivity index (χ2v) is 7.93. The fourth-order valence-corrected chi connectivity index (χ4v) is 4.35. The molecule has 24 heavy (non-hydrogen) atoms. The van der Waals surface area contributed by atoms with Crippen molar-refractivity contribution >= 4 is 5.91 Å². The van der Waals surface area contributed by atoms with Crippen LogP contribution in [-0.4, -0.2) is 73.3 Å². The molecular weight excluding hydrogens is 304 g/mol. The first-order chi connectivity index (χ1) is 11.6. The van der Waals surface area contributed by atoms with Crippen molar-refractivity contribution in [1.82, 2.24) is 9.80 Å². The molecule has 2 atom stereocenters. The lowest BCUT2D eigenvalue weighted by molar-refractivity contribution is -0.142. The number of rotatable bonds is 5. The Hall–Kier alpha value is -0.650. The molecule has 0 bridgehead atoms. The van der Waals surface area contributed by atoms with Crippen molar-refractivity contribution in [3.05, 3.63) is 0 Å². The average molecular weight is 338 g/mol. The lowest BCUT2D eigenvalue weighted by Gasteiger charge is -2.41. The molecule has 0 N–H and O–H groups in total. The molecule has 5 heteroatoms. The molecule has 0 saturated carbocycles. The Kier molecular flexibility index (Phi) is 6.53. The average Bonchev–Trinajstić information content (AvgIpc) is 3.09. The van der Waals surface area contributed by atoms with E-state index in [-0.39, 0.29) is 12.1 Å². The lowest BCUT2D eigenvalue weighted by atomic mass is 9.96. The van der Waals surface area contributed by atoms with Gasteiger partial charge in [-0.2, -0.15) is 0 Å². The predicted molar refractivity (Wildman–Crippen MR) is 94.0 cm³/mol. The monoisotopic (exact) mass is 338 g/mol. The van der Waals surface area contributed by atoms with Crippen LogP contribution < -0.4 is 0 Å². The van der Waals surface area contributed by atoms with E-state index in [2.05, 4.69) is 23.6 Å². The van der Waals surface area contributed by atoms with Crippen molar-refractivity contribution in [2.24, 2.45) is 5.92 Å². The van der Waals surface area contributed by atoms with E-state index >= 15 is 0 Å². The van der Waals surface area contributed by atoms with Crippen molar-refractivity contribution in [2.75, 3.05) is 39.4 Å². The number of amides is 1. The molecule has 0 aromatic rings. The molecule has 1 amide bonds. The van der Waals surface area contributed by atoms with Gasteiger partial charge in [-0.05, 0) is 51.1 Å². The first kappa shape index (κ1) is 18.2. The lowest BCUT2D eigenvalue weighted by Crippen LogP contribution is -2.54. The smallest absolute Gasteiger partial charge is 0.240 e. The minimum atomic E-state index is 0.0611. The second kappa shape index (κ2) is 8.63. The van der Waals surface area contributed by atoms with Gasteiger partial charge < -0.3 is 14.4 Å². The van der Waals surface area contributed by atoms with E-state index < -0.39 is 0 Å². The van der Waals surface area contributed by atoms with E-state index in [0.29, 0.717) is 17.9 Å². The first-order valence-corrected chi connectivity index (χ1v) is 9.91. The zero-order chi connectivity index (χ0) is 16.9. The van der Waals surface area contributed by atoms with E-state index in [9.17, 15) is 4.79 Å². The van der Waals surface area contributed by atoms with Gasteiger partial charge >= 0.3 is 0 Å². The third kappa shape index (κ3) is 4.50. The quantitative estimate of drug-likeness (QED) is 0.771. The van der Waals surface area contributed by atoms with Gasteiger partial charge in [0.05, 0.1) is 24.9 Å². The summed E-state index contributed by atoms with van der Waals surface area (Å²) in [6.45, 7) is 9.78. The van der Waals surface area contributed by atoms with Crippen molar-refractivity contribution in [1.29, 1.82) is 0 Å². The van der Waals surface area contributed by atoms with Crippen molar-refractivity contribution in [3.63, 3.8) is 0 Å². The van der Waals surface area contributed by atoms with E-state index in [4.69, 9.17) is 9.47 Å². The van der Waals surface area contributed by atoms with Crippen LogP contribution >= 0.6 is 0 Å². The minimum absolute atomic E-state index is 0.0611. The highest BCUT2D eigenvalue weighted by molar-refractivity contribution is 5.82. The van der Waals surface area contributed by atoms with E-state index in [1.165, 1.54) is 19.3 Å². The summed E-state index contributed by atoms with van der Waals surface area (Å²) in [4.78, 5) is 17.6. The van der Waals surface area contributed by atoms with Crippen LogP contribution in [0.3, 0.4) is 0 Å². The molecule has 3 fully saturated rings. The van der Waals surface area contributed by atoms with E-state index in [1.807, 2.05) is 0 Å². The van der Waals surface area contributed by atoms with Gasteiger partial charge in [0.15, 0.2) is 0 Å². The Bertz CT molecular complexity index is 395. The summed E-state index contributed by atoms with van der Waals surface area (Å²) in [5.41, 5.74) is 0. The highest BCUT2D eigenvalue weighted by Crippen LogP contribution is 2.23. The third-order valence-electron chi connectivity index (χ3n) is 5.70. The van der Waals surface area contributed by atoms with Gasteiger partial charge in [0.2, 0.25) is 5.91 Å². The predicted octanol–water partition coefficient (Wildman–Crippen LogP) is 2.29. The Morgan fingerprint density at radius 2 is 1.71 bits per heavy atom. The number of ether oxygens (including phenoxy) is 2. The SMILES string of the molecule is CC(C)[C@@H](C(=O)N1CCC(O[C@@H]2CCOC2)CC1)N1CCCCC1. The van der Waals surface area contributed by atoms with Gasteiger partial charge in [-0.3, -0.25) is 9.69 Å².